The van der Waals surface area contributed by atoms with Crippen molar-refractivity contribution >= 4 is 6.41 Å². The van der Waals surface area contributed by atoms with E-state index < -0.39 is 0 Å². The van der Waals surface area contributed by atoms with E-state index in [0.717, 1.165) is 24.9 Å². The van der Waals surface area contributed by atoms with Gasteiger partial charge in [-0.15, -0.1) is 0 Å². The van der Waals surface area contributed by atoms with Crippen LogP contribution in [0.5, 0.6) is 0 Å². The molecule has 3 nitrogen and oxygen atoms in total. The molecule has 3 heteroatoms. The van der Waals surface area contributed by atoms with Gasteiger partial charge in [0.15, 0.2) is 0 Å². The Kier molecular flexibility index (Phi) is 14.8. The third kappa shape index (κ3) is 12.8. The number of amides is 1. The fourth-order valence-corrected chi connectivity index (χ4v) is 2.35. The number of hydrogen-bond acceptors (Lipinski definition) is 2. The first-order valence-electron chi connectivity index (χ1n) is 9.02. The number of aryl methyl sites for hydroxylation is 2. The smallest absolute Gasteiger partial charge is 0.207 e. The standard InChI is InChI=1S/C9H17NO.C7H9N.2C2H6/c1-9(2)5-3-8(4-6-9)10-7-11;1-6-3-4-8-7(2)5-6;2*1-2/h7-8H,3-6H2,1-2H3,(H,10,11);3-5H,1-2H3;2*1-2H3. The van der Waals surface area contributed by atoms with Gasteiger partial charge in [0.25, 0.3) is 0 Å². The van der Waals surface area contributed by atoms with Gasteiger partial charge in [-0.3, -0.25) is 9.78 Å². The Bertz CT molecular complexity index is 375. The van der Waals surface area contributed by atoms with Gasteiger partial charge in [0.2, 0.25) is 6.41 Å². The van der Waals surface area contributed by atoms with Crippen molar-refractivity contribution in [2.75, 3.05) is 0 Å². The number of carbonyl (C=O) groups excluding carboxylic acids is 1. The van der Waals surface area contributed by atoms with Crippen molar-refractivity contribution in [2.24, 2.45) is 5.41 Å². The first-order valence-corrected chi connectivity index (χ1v) is 9.02. The molecule has 1 amide bonds. The van der Waals surface area contributed by atoms with E-state index in [-0.39, 0.29) is 0 Å². The largest absolute Gasteiger partial charge is 0.356 e. The van der Waals surface area contributed by atoms with E-state index >= 15 is 0 Å². The molecule has 1 aliphatic carbocycles. The lowest BCUT2D eigenvalue weighted by Gasteiger charge is -2.33. The predicted molar refractivity (Wildman–Crippen MR) is 102 cm³/mol. The van der Waals surface area contributed by atoms with E-state index in [4.69, 9.17) is 0 Å². The summed E-state index contributed by atoms with van der Waals surface area (Å²) in [5.41, 5.74) is 2.86. The first-order chi connectivity index (χ1) is 10.9. The van der Waals surface area contributed by atoms with Crippen LogP contribution in [0.15, 0.2) is 18.3 Å². The maximum Gasteiger partial charge on any atom is 0.207 e. The number of pyridine rings is 1. The Hall–Kier alpha value is -1.38. The average molecular weight is 323 g/mol. The van der Waals surface area contributed by atoms with Crippen molar-refractivity contribution in [3.8, 4) is 0 Å². The molecule has 1 heterocycles. The Morgan fingerprint density at radius 2 is 1.65 bits per heavy atom. The molecule has 1 saturated carbocycles. The quantitative estimate of drug-likeness (QED) is 0.735. The van der Waals surface area contributed by atoms with Gasteiger partial charge in [-0.1, -0.05) is 41.5 Å². The van der Waals surface area contributed by atoms with Crippen LogP contribution in [0.25, 0.3) is 0 Å². The molecular weight excluding hydrogens is 284 g/mol. The molecular formula is C20H38N2O. The highest BCUT2D eigenvalue weighted by Gasteiger charge is 2.26. The van der Waals surface area contributed by atoms with Crippen LogP contribution >= 0.6 is 0 Å². The van der Waals surface area contributed by atoms with Gasteiger partial charge in [-0.05, 0) is 62.6 Å². The monoisotopic (exact) mass is 322 g/mol. The summed E-state index contributed by atoms with van der Waals surface area (Å²) < 4.78 is 0. The molecule has 0 saturated heterocycles. The minimum atomic E-state index is 0.445. The van der Waals surface area contributed by atoms with Gasteiger partial charge in [-0.2, -0.15) is 0 Å². The molecule has 0 unspecified atom stereocenters. The van der Waals surface area contributed by atoms with Crippen LogP contribution in [0.2, 0.25) is 0 Å². The molecule has 1 aromatic rings. The van der Waals surface area contributed by atoms with Gasteiger partial charge in [0.05, 0.1) is 0 Å². The molecule has 0 radical (unpaired) electrons. The van der Waals surface area contributed by atoms with Crippen molar-refractivity contribution in [1.82, 2.24) is 10.3 Å². The Balaban J connectivity index is 0. The normalized spacial score (nSPS) is 15.5. The van der Waals surface area contributed by atoms with Crippen LogP contribution in [0.1, 0.15) is 78.5 Å². The highest BCUT2D eigenvalue weighted by Crippen LogP contribution is 2.34. The van der Waals surface area contributed by atoms with Gasteiger partial charge in [-0.25, -0.2) is 0 Å². The minimum Gasteiger partial charge on any atom is -0.356 e. The molecule has 1 fully saturated rings. The molecule has 0 atom stereocenters. The third-order valence-electron chi connectivity index (χ3n) is 3.70. The van der Waals surface area contributed by atoms with Gasteiger partial charge in [0, 0.05) is 17.9 Å². The van der Waals surface area contributed by atoms with Crippen LogP contribution in [-0.4, -0.2) is 17.4 Å². The fraction of sp³-hybridized carbons (Fsp3) is 0.700. The van der Waals surface area contributed by atoms with Crippen LogP contribution in [0, 0.1) is 19.3 Å². The molecule has 23 heavy (non-hydrogen) atoms. The number of nitrogens with zero attached hydrogens (tertiary/aromatic N) is 1. The maximum absolute atomic E-state index is 10.1. The summed E-state index contributed by atoms with van der Waals surface area (Å²) in [7, 11) is 0. The molecule has 0 aromatic carbocycles. The van der Waals surface area contributed by atoms with Gasteiger partial charge in [0.1, 0.15) is 0 Å². The zero-order valence-corrected chi connectivity index (χ0v) is 16.6. The van der Waals surface area contributed by atoms with E-state index in [9.17, 15) is 4.79 Å². The topological polar surface area (TPSA) is 42.0 Å². The van der Waals surface area contributed by atoms with Crippen molar-refractivity contribution in [3.05, 3.63) is 29.6 Å². The summed E-state index contributed by atoms with van der Waals surface area (Å²) in [6.45, 7) is 16.6. The SMILES string of the molecule is CC.CC.CC1(C)CCC(NC=O)CC1.Cc1ccnc(C)c1. The van der Waals surface area contributed by atoms with Gasteiger partial charge < -0.3 is 5.32 Å². The second-order valence-corrected chi connectivity index (χ2v) is 6.20. The summed E-state index contributed by atoms with van der Waals surface area (Å²) in [4.78, 5) is 14.2. The van der Waals surface area contributed by atoms with Crippen LogP contribution in [0.4, 0.5) is 0 Å². The molecule has 1 aromatic heterocycles. The number of nitrogens with one attached hydrogen (secondary N) is 1. The lowest BCUT2D eigenvalue weighted by Crippen LogP contribution is -2.34. The Morgan fingerprint density at radius 1 is 1.13 bits per heavy atom. The van der Waals surface area contributed by atoms with Crippen LogP contribution < -0.4 is 5.32 Å². The summed E-state index contributed by atoms with van der Waals surface area (Å²) in [5, 5.41) is 2.84. The summed E-state index contributed by atoms with van der Waals surface area (Å²) in [5.74, 6) is 0. The second-order valence-electron chi connectivity index (χ2n) is 6.20. The van der Waals surface area contributed by atoms with Crippen molar-refractivity contribution in [2.45, 2.75) is 87.1 Å². The highest BCUT2D eigenvalue weighted by molar-refractivity contribution is 5.46. The zero-order valence-electron chi connectivity index (χ0n) is 16.6. The summed E-state index contributed by atoms with van der Waals surface area (Å²) in [6.07, 6.45) is 7.40. The Morgan fingerprint density at radius 3 is 2.00 bits per heavy atom. The van der Waals surface area contributed by atoms with Crippen LogP contribution in [0.3, 0.4) is 0 Å². The van der Waals surface area contributed by atoms with Crippen molar-refractivity contribution in [1.29, 1.82) is 0 Å². The molecule has 0 bridgehead atoms. The summed E-state index contributed by atoms with van der Waals surface area (Å²) >= 11 is 0. The third-order valence-corrected chi connectivity index (χ3v) is 3.70. The van der Waals surface area contributed by atoms with Crippen molar-refractivity contribution in [3.63, 3.8) is 0 Å². The molecule has 134 valence electrons. The Labute approximate surface area is 144 Å². The van der Waals surface area contributed by atoms with E-state index in [1.54, 1.807) is 0 Å². The minimum absolute atomic E-state index is 0.445. The number of carbonyl (C=O) groups is 1. The lowest BCUT2D eigenvalue weighted by atomic mass is 9.76. The maximum atomic E-state index is 10.1. The van der Waals surface area contributed by atoms with Crippen molar-refractivity contribution < 1.29 is 4.79 Å². The molecule has 0 spiro atoms. The zero-order chi connectivity index (χ0) is 18.3. The molecule has 0 aliphatic heterocycles. The molecule has 1 N–H and O–H groups in total. The van der Waals surface area contributed by atoms with E-state index in [1.165, 1.54) is 18.4 Å². The predicted octanol–water partition coefficient (Wildman–Crippen LogP) is 5.45. The highest BCUT2D eigenvalue weighted by atomic mass is 16.1. The average Bonchev–Trinajstić information content (AvgIpc) is 2.54. The number of rotatable bonds is 2. The second kappa shape index (κ2) is 14.2. The molecule has 2 rings (SSSR count). The lowest BCUT2D eigenvalue weighted by molar-refractivity contribution is -0.110. The van der Waals surface area contributed by atoms with Gasteiger partial charge >= 0.3 is 0 Å². The fourth-order valence-electron chi connectivity index (χ4n) is 2.35. The van der Waals surface area contributed by atoms with E-state index in [1.807, 2.05) is 46.9 Å². The summed E-state index contributed by atoms with van der Waals surface area (Å²) in [6, 6.07) is 4.49. The van der Waals surface area contributed by atoms with Crippen LogP contribution in [-0.2, 0) is 4.79 Å². The first kappa shape index (κ1) is 23.9. The number of hydrogen-bond donors (Lipinski definition) is 1. The number of aromatic nitrogens is 1. The van der Waals surface area contributed by atoms with E-state index in [2.05, 4.69) is 37.1 Å². The molecule has 1 aliphatic rings. The van der Waals surface area contributed by atoms with E-state index in [0.29, 0.717) is 11.5 Å².